The fourth-order valence-electron chi connectivity index (χ4n) is 3.74. The van der Waals surface area contributed by atoms with E-state index >= 15 is 0 Å². The van der Waals surface area contributed by atoms with Crippen molar-refractivity contribution < 1.29 is 18.7 Å². The fourth-order valence-corrected chi connectivity index (χ4v) is 4.81. The van der Waals surface area contributed by atoms with E-state index in [4.69, 9.17) is 18.9 Å². The first-order chi connectivity index (χ1) is 16.6. The number of rotatable bonds is 6. The van der Waals surface area contributed by atoms with Crippen LogP contribution in [0.15, 0.2) is 82.0 Å². The maximum atomic E-state index is 13.8. The molecule has 2 heterocycles. The lowest BCUT2D eigenvalue weighted by molar-refractivity contribution is 0.0981. The van der Waals surface area contributed by atoms with Crippen LogP contribution in [0.3, 0.4) is 0 Å². The molecule has 0 bridgehead atoms. The Hall–Kier alpha value is -4.17. The smallest absolute Gasteiger partial charge is 0.349 e. The summed E-state index contributed by atoms with van der Waals surface area (Å²) >= 11 is 1.29. The highest BCUT2D eigenvalue weighted by molar-refractivity contribution is 7.22. The minimum atomic E-state index is -0.696. The van der Waals surface area contributed by atoms with Gasteiger partial charge in [0, 0.05) is 5.39 Å². The topological polar surface area (TPSA) is 81.9 Å². The maximum absolute atomic E-state index is 13.8. The number of nitrogens with zero attached hydrogens (tertiary/aromatic N) is 2. The van der Waals surface area contributed by atoms with Gasteiger partial charge in [0.15, 0.2) is 5.13 Å². The van der Waals surface area contributed by atoms with Crippen LogP contribution in [0.25, 0.3) is 21.2 Å². The molecule has 1 amide bonds. The van der Waals surface area contributed by atoms with Gasteiger partial charge < -0.3 is 13.9 Å². The molecule has 5 rings (SSSR count). The van der Waals surface area contributed by atoms with Gasteiger partial charge in [0.1, 0.15) is 32.9 Å². The van der Waals surface area contributed by atoms with E-state index in [1.54, 1.807) is 50.6 Å². The summed E-state index contributed by atoms with van der Waals surface area (Å²) in [7, 11) is 3.14. The molecule has 0 N–H and O–H groups in total. The standard InChI is InChI=1S/C26H20N2O5S/c1-31-20-12-13-21(32-2)23-22(20)27-26(34-23)28(15-16-8-4-3-5-9-16)24(29)18-14-17-10-6-7-11-19(17)33-25(18)30/h3-14H,15H2,1-2H3. The van der Waals surface area contributed by atoms with Gasteiger partial charge in [0.25, 0.3) is 5.91 Å². The van der Waals surface area contributed by atoms with Gasteiger partial charge >= 0.3 is 5.63 Å². The van der Waals surface area contributed by atoms with Crippen LogP contribution in [0.2, 0.25) is 0 Å². The summed E-state index contributed by atoms with van der Waals surface area (Å²) in [6.45, 7) is 0.219. The Kier molecular flexibility index (Phi) is 5.73. The molecule has 0 radical (unpaired) electrons. The second-order valence-corrected chi connectivity index (χ2v) is 8.48. The van der Waals surface area contributed by atoms with Crippen molar-refractivity contribution in [1.29, 1.82) is 0 Å². The second-order valence-electron chi connectivity index (χ2n) is 7.51. The lowest BCUT2D eigenvalue weighted by Gasteiger charge is -2.19. The summed E-state index contributed by atoms with van der Waals surface area (Å²) in [6.07, 6.45) is 0. The third-order valence-corrected chi connectivity index (χ3v) is 6.52. The van der Waals surface area contributed by atoms with Crippen molar-refractivity contribution in [1.82, 2.24) is 4.98 Å². The highest BCUT2D eigenvalue weighted by Crippen LogP contribution is 2.40. The summed E-state index contributed by atoms with van der Waals surface area (Å²) in [5.74, 6) is 0.688. The number of carbonyl (C=O) groups is 1. The second kappa shape index (κ2) is 8.99. The molecule has 0 unspecified atom stereocenters. The Labute approximate surface area is 198 Å². The molecule has 0 aliphatic heterocycles. The monoisotopic (exact) mass is 472 g/mol. The molecule has 0 fully saturated rings. The van der Waals surface area contributed by atoms with Crippen LogP contribution in [0, 0.1) is 0 Å². The molecule has 3 aromatic carbocycles. The van der Waals surface area contributed by atoms with Gasteiger partial charge in [-0.2, -0.15) is 0 Å². The van der Waals surface area contributed by atoms with E-state index in [2.05, 4.69) is 0 Å². The predicted octanol–water partition coefficient (Wildman–Crippen LogP) is 5.27. The quantitative estimate of drug-likeness (QED) is 0.313. The van der Waals surface area contributed by atoms with Crippen molar-refractivity contribution in [2.75, 3.05) is 19.1 Å². The lowest BCUT2D eigenvalue weighted by atomic mass is 10.1. The Morgan fingerprint density at radius 2 is 1.68 bits per heavy atom. The van der Waals surface area contributed by atoms with Crippen molar-refractivity contribution in [3.05, 3.63) is 94.3 Å². The van der Waals surface area contributed by atoms with Gasteiger partial charge in [-0.15, -0.1) is 0 Å². The molecule has 34 heavy (non-hydrogen) atoms. The van der Waals surface area contributed by atoms with E-state index in [1.165, 1.54) is 16.2 Å². The summed E-state index contributed by atoms with van der Waals surface area (Å²) < 4.78 is 17.1. The minimum Gasteiger partial charge on any atom is -0.495 e. The highest BCUT2D eigenvalue weighted by atomic mass is 32.1. The van der Waals surface area contributed by atoms with E-state index in [1.807, 2.05) is 36.4 Å². The molecule has 0 saturated carbocycles. The molecule has 7 nitrogen and oxygen atoms in total. The molecule has 170 valence electrons. The number of anilines is 1. The predicted molar refractivity (Wildman–Crippen MR) is 132 cm³/mol. The number of aromatic nitrogens is 1. The number of hydrogen-bond acceptors (Lipinski definition) is 7. The van der Waals surface area contributed by atoms with Crippen LogP contribution in [0.4, 0.5) is 5.13 Å². The third kappa shape index (κ3) is 3.88. The largest absolute Gasteiger partial charge is 0.495 e. The maximum Gasteiger partial charge on any atom is 0.349 e. The molecule has 5 aromatic rings. The summed E-state index contributed by atoms with van der Waals surface area (Å²) in [5.41, 5.74) is 1.14. The van der Waals surface area contributed by atoms with Crippen LogP contribution >= 0.6 is 11.3 Å². The Morgan fingerprint density at radius 1 is 0.971 bits per heavy atom. The number of hydrogen-bond donors (Lipinski definition) is 0. The van der Waals surface area contributed by atoms with E-state index in [9.17, 15) is 9.59 Å². The first-order valence-corrected chi connectivity index (χ1v) is 11.3. The number of ether oxygens (including phenoxy) is 2. The normalized spacial score (nSPS) is 11.0. The molecular formula is C26H20N2O5S. The SMILES string of the molecule is COc1ccc(OC)c2sc(N(Cc3ccccc3)C(=O)c3cc4ccccc4oc3=O)nc12. The molecule has 0 spiro atoms. The molecule has 8 heteroatoms. The number of amides is 1. The van der Waals surface area contributed by atoms with Gasteiger partial charge in [-0.25, -0.2) is 9.78 Å². The Morgan fingerprint density at radius 3 is 2.44 bits per heavy atom. The van der Waals surface area contributed by atoms with E-state index in [-0.39, 0.29) is 12.1 Å². The van der Waals surface area contributed by atoms with Crippen molar-refractivity contribution in [3.8, 4) is 11.5 Å². The van der Waals surface area contributed by atoms with Crippen LogP contribution in [-0.2, 0) is 6.54 Å². The fraction of sp³-hybridized carbons (Fsp3) is 0.115. The van der Waals surface area contributed by atoms with E-state index < -0.39 is 11.5 Å². The first-order valence-electron chi connectivity index (χ1n) is 10.5. The lowest BCUT2D eigenvalue weighted by Crippen LogP contribution is -2.33. The average Bonchev–Trinajstić information content (AvgIpc) is 3.32. The molecular weight excluding hydrogens is 452 g/mol. The third-order valence-electron chi connectivity index (χ3n) is 5.43. The van der Waals surface area contributed by atoms with Crippen LogP contribution in [-0.4, -0.2) is 25.1 Å². The number of carbonyl (C=O) groups excluding carboxylic acids is 1. The molecule has 2 aromatic heterocycles. The van der Waals surface area contributed by atoms with Crippen molar-refractivity contribution >= 4 is 43.6 Å². The van der Waals surface area contributed by atoms with Gasteiger partial charge in [0.05, 0.1) is 20.8 Å². The number of para-hydroxylation sites is 1. The zero-order chi connectivity index (χ0) is 23.7. The number of thiazole rings is 1. The number of benzene rings is 3. The molecule has 0 atom stereocenters. The van der Waals surface area contributed by atoms with Gasteiger partial charge in [0.2, 0.25) is 0 Å². The van der Waals surface area contributed by atoms with Gasteiger partial charge in [-0.3, -0.25) is 9.69 Å². The zero-order valence-corrected chi connectivity index (χ0v) is 19.3. The van der Waals surface area contributed by atoms with Crippen LogP contribution in [0.5, 0.6) is 11.5 Å². The number of methoxy groups -OCH3 is 2. The van der Waals surface area contributed by atoms with E-state index in [0.29, 0.717) is 33.1 Å². The van der Waals surface area contributed by atoms with Gasteiger partial charge in [-0.05, 0) is 29.8 Å². The highest BCUT2D eigenvalue weighted by Gasteiger charge is 2.26. The Bertz CT molecular complexity index is 1520. The summed E-state index contributed by atoms with van der Waals surface area (Å²) in [4.78, 5) is 32.7. The van der Waals surface area contributed by atoms with Crippen LogP contribution in [0.1, 0.15) is 15.9 Å². The Balaban J connectivity index is 1.67. The van der Waals surface area contributed by atoms with Crippen molar-refractivity contribution in [3.63, 3.8) is 0 Å². The van der Waals surface area contributed by atoms with Crippen LogP contribution < -0.4 is 20.0 Å². The van der Waals surface area contributed by atoms with Crippen molar-refractivity contribution in [2.24, 2.45) is 0 Å². The number of fused-ring (bicyclic) bond motifs is 2. The zero-order valence-electron chi connectivity index (χ0n) is 18.5. The molecule has 0 aliphatic carbocycles. The molecule has 0 saturated heterocycles. The summed E-state index contributed by atoms with van der Waals surface area (Å²) in [6, 6.07) is 21.7. The summed E-state index contributed by atoms with van der Waals surface area (Å²) in [5, 5.41) is 1.08. The first kappa shape index (κ1) is 21.7. The minimum absolute atomic E-state index is 0.0622. The van der Waals surface area contributed by atoms with Crippen molar-refractivity contribution in [2.45, 2.75) is 6.54 Å². The average molecular weight is 473 g/mol. The van der Waals surface area contributed by atoms with E-state index in [0.717, 1.165) is 10.3 Å². The van der Waals surface area contributed by atoms with Gasteiger partial charge in [-0.1, -0.05) is 59.9 Å². The molecule has 0 aliphatic rings.